The van der Waals surface area contributed by atoms with E-state index in [0.717, 1.165) is 36.3 Å². The number of halogens is 3. The van der Waals surface area contributed by atoms with Gasteiger partial charge in [-0.1, -0.05) is 25.3 Å². The van der Waals surface area contributed by atoms with E-state index in [1.54, 1.807) is 0 Å². The number of nitrogens with zero attached hydrogens (tertiary/aromatic N) is 1. The summed E-state index contributed by atoms with van der Waals surface area (Å²) in [6.07, 6.45) is -0.886. The number of hydrogen-bond acceptors (Lipinski definition) is 3. The van der Waals surface area contributed by atoms with Crippen molar-refractivity contribution < 1.29 is 27.6 Å². The van der Waals surface area contributed by atoms with Crippen molar-refractivity contribution in [3.05, 3.63) is 29.8 Å². The minimum Gasteiger partial charge on any atom is -0.324 e. The lowest BCUT2D eigenvalue weighted by molar-refractivity contribution is -0.137. The minimum atomic E-state index is -4.54. The highest BCUT2D eigenvalue weighted by molar-refractivity contribution is 6.11. The first-order valence-electron chi connectivity index (χ1n) is 8.78. The highest BCUT2D eigenvalue weighted by Gasteiger charge is 2.53. The molecule has 1 aromatic rings. The van der Waals surface area contributed by atoms with Crippen molar-refractivity contribution in [3.8, 4) is 0 Å². The zero-order valence-corrected chi connectivity index (χ0v) is 14.7. The first kappa shape index (κ1) is 19.2. The molecule has 4 amide bonds. The Bertz CT molecular complexity index is 773. The van der Waals surface area contributed by atoms with Gasteiger partial charge in [-0.15, -0.1) is 0 Å². The lowest BCUT2D eigenvalue weighted by Gasteiger charge is -2.31. The second kappa shape index (κ2) is 6.86. The predicted octanol–water partition coefficient (Wildman–Crippen LogP) is 3.29. The summed E-state index contributed by atoms with van der Waals surface area (Å²) in [5.41, 5.74) is -1.91. The van der Waals surface area contributed by atoms with Crippen LogP contribution in [-0.4, -0.2) is 34.3 Å². The number of carbonyl (C=O) groups excluding carboxylic acids is 3. The molecule has 1 spiro atoms. The molecule has 146 valence electrons. The van der Waals surface area contributed by atoms with Crippen LogP contribution in [0, 0.1) is 0 Å². The quantitative estimate of drug-likeness (QED) is 0.787. The van der Waals surface area contributed by atoms with Crippen molar-refractivity contribution in [2.75, 3.05) is 5.32 Å². The van der Waals surface area contributed by atoms with E-state index >= 15 is 0 Å². The van der Waals surface area contributed by atoms with Gasteiger partial charge in [0.05, 0.1) is 5.56 Å². The Kier molecular flexibility index (Phi) is 4.88. The van der Waals surface area contributed by atoms with Gasteiger partial charge in [-0.2, -0.15) is 13.2 Å². The number of benzene rings is 1. The molecule has 0 bridgehead atoms. The summed E-state index contributed by atoms with van der Waals surface area (Å²) in [6, 6.07) is 2.40. The Morgan fingerprint density at radius 2 is 1.89 bits per heavy atom. The van der Waals surface area contributed by atoms with Crippen LogP contribution in [0.15, 0.2) is 24.3 Å². The maximum absolute atomic E-state index is 12.8. The van der Waals surface area contributed by atoms with E-state index in [-0.39, 0.29) is 5.69 Å². The highest BCUT2D eigenvalue weighted by atomic mass is 19.4. The molecule has 6 nitrogen and oxygen atoms in total. The molecule has 1 atom stereocenters. The van der Waals surface area contributed by atoms with E-state index < -0.39 is 41.2 Å². The van der Waals surface area contributed by atoms with Crippen molar-refractivity contribution in [2.24, 2.45) is 0 Å². The molecule has 2 fully saturated rings. The molecule has 3 rings (SSSR count). The summed E-state index contributed by atoms with van der Waals surface area (Å²) in [5, 5.41) is 5.06. The Morgan fingerprint density at radius 1 is 1.22 bits per heavy atom. The summed E-state index contributed by atoms with van der Waals surface area (Å²) < 4.78 is 38.4. The number of carbonyl (C=O) groups is 3. The maximum atomic E-state index is 12.8. The number of anilines is 1. The number of rotatable bonds is 3. The Labute approximate surface area is 154 Å². The number of amides is 4. The van der Waals surface area contributed by atoms with Crippen molar-refractivity contribution >= 4 is 23.5 Å². The molecule has 1 aliphatic carbocycles. The lowest BCUT2D eigenvalue weighted by atomic mass is 9.81. The van der Waals surface area contributed by atoms with Crippen LogP contribution in [0.2, 0.25) is 0 Å². The van der Waals surface area contributed by atoms with E-state index in [4.69, 9.17) is 0 Å². The molecule has 27 heavy (non-hydrogen) atoms. The molecular formula is C18H20F3N3O3. The second-order valence-electron chi connectivity index (χ2n) is 6.99. The van der Waals surface area contributed by atoms with E-state index in [1.165, 1.54) is 19.1 Å². The van der Waals surface area contributed by atoms with Gasteiger partial charge in [0.1, 0.15) is 11.6 Å². The molecule has 1 saturated carbocycles. The lowest BCUT2D eigenvalue weighted by Crippen LogP contribution is -2.50. The smallest absolute Gasteiger partial charge is 0.324 e. The summed E-state index contributed by atoms with van der Waals surface area (Å²) >= 11 is 0. The third kappa shape index (κ3) is 3.63. The molecule has 9 heteroatoms. The molecular weight excluding hydrogens is 363 g/mol. The predicted molar refractivity (Wildman–Crippen MR) is 90.7 cm³/mol. The zero-order chi connectivity index (χ0) is 19.8. The summed E-state index contributed by atoms with van der Waals surface area (Å²) in [4.78, 5) is 38.4. The SMILES string of the molecule is CC(C(=O)Nc1cccc(C(F)(F)F)c1)N1C(=O)NC2(CCCCC2)C1=O. The molecule has 2 aliphatic rings. The minimum absolute atomic E-state index is 0.0545. The first-order valence-corrected chi connectivity index (χ1v) is 8.78. The van der Waals surface area contributed by atoms with Crippen molar-refractivity contribution in [2.45, 2.75) is 56.8 Å². The van der Waals surface area contributed by atoms with E-state index in [0.29, 0.717) is 12.8 Å². The summed E-state index contributed by atoms with van der Waals surface area (Å²) in [7, 11) is 0. The van der Waals surface area contributed by atoms with Crippen molar-refractivity contribution in [3.63, 3.8) is 0 Å². The standard InChI is InChI=1S/C18H20F3N3O3/c1-11(14(25)22-13-7-5-6-12(10-13)18(19,20)21)24-15(26)17(23-16(24)27)8-3-2-4-9-17/h5-7,10-11H,2-4,8-9H2,1H3,(H,22,25)(H,23,27). The number of imide groups is 1. The maximum Gasteiger partial charge on any atom is 0.416 e. The van der Waals surface area contributed by atoms with Gasteiger partial charge in [0.25, 0.3) is 5.91 Å². The fourth-order valence-corrected chi connectivity index (χ4v) is 3.62. The first-order chi connectivity index (χ1) is 12.6. The topological polar surface area (TPSA) is 78.5 Å². The fourth-order valence-electron chi connectivity index (χ4n) is 3.62. The van der Waals surface area contributed by atoms with E-state index in [2.05, 4.69) is 10.6 Å². The molecule has 1 unspecified atom stereocenters. The summed E-state index contributed by atoms with van der Waals surface area (Å²) in [5.74, 6) is -1.18. The third-order valence-electron chi connectivity index (χ3n) is 5.12. The van der Waals surface area contributed by atoms with Crippen LogP contribution in [0.5, 0.6) is 0 Å². The van der Waals surface area contributed by atoms with Crippen molar-refractivity contribution in [1.82, 2.24) is 10.2 Å². The Balaban J connectivity index is 1.74. The van der Waals surface area contributed by atoms with Gasteiger partial charge in [0, 0.05) is 5.69 Å². The summed E-state index contributed by atoms with van der Waals surface area (Å²) in [6.45, 7) is 1.38. The van der Waals surface area contributed by atoms with Crippen LogP contribution >= 0.6 is 0 Å². The molecule has 0 radical (unpaired) electrons. The normalized spacial score (nSPS) is 20.5. The molecule has 0 aromatic heterocycles. The van der Waals surface area contributed by atoms with Gasteiger partial charge >= 0.3 is 12.2 Å². The van der Waals surface area contributed by atoms with Crippen LogP contribution in [0.3, 0.4) is 0 Å². The van der Waals surface area contributed by atoms with Gasteiger partial charge in [0.2, 0.25) is 5.91 Å². The average molecular weight is 383 g/mol. The highest BCUT2D eigenvalue weighted by Crippen LogP contribution is 2.35. The second-order valence-corrected chi connectivity index (χ2v) is 6.99. The van der Waals surface area contributed by atoms with Gasteiger partial charge in [-0.25, -0.2) is 9.69 Å². The van der Waals surface area contributed by atoms with Crippen LogP contribution in [0.25, 0.3) is 0 Å². The zero-order valence-electron chi connectivity index (χ0n) is 14.7. The molecule has 1 aromatic carbocycles. The van der Waals surface area contributed by atoms with Crippen molar-refractivity contribution in [1.29, 1.82) is 0 Å². The number of urea groups is 1. The van der Waals surface area contributed by atoms with Gasteiger partial charge in [-0.3, -0.25) is 9.59 Å². The number of hydrogen-bond donors (Lipinski definition) is 2. The fraction of sp³-hybridized carbons (Fsp3) is 0.500. The average Bonchev–Trinajstić information content (AvgIpc) is 2.84. The van der Waals surface area contributed by atoms with Gasteiger partial charge < -0.3 is 10.6 Å². The van der Waals surface area contributed by atoms with Crippen LogP contribution in [0.1, 0.15) is 44.6 Å². The Hall–Kier alpha value is -2.58. The van der Waals surface area contributed by atoms with E-state index in [1.807, 2.05) is 0 Å². The molecule has 1 heterocycles. The van der Waals surface area contributed by atoms with Crippen LogP contribution < -0.4 is 10.6 Å². The molecule has 1 saturated heterocycles. The largest absolute Gasteiger partial charge is 0.416 e. The van der Waals surface area contributed by atoms with Crippen LogP contribution in [-0.2, 0) is 15.8 Å². The molecule has 1 aliphatic heterocycles. The number of alkyl halides is 3. The van der Waals surface area contributed by atoms with Gasteiger partial charge in [-0.05, 0) is 38.0 Å². The van der Waals surface area contributed by atoms with Gasteiger partial charge in [0.15, 0.2) is 0 Å². The Morgan fingerprint density at radius 3 is 2.52 bits per heavy atom. The third-order valence-corrected chi connectivity index (χ3v) is 5.12. The monoisotopic (exact) mass is 383 g/mol. The number of nitrogens with one attached hydrogen (secondary N) is 2. The van der Waals surface area contributed by atoms with Crippen LogP contribution in [0.4, 0.5) is 23.7 Å². The van der Waals surface area contributed by atoms with E-state index in [9.17, 15) is 27.6 Å². The molecule has 2 N–H and O–H groups in total.